The van der Waals surface area contributed by atoms with Crippen LogP contribution < -0.4 is 15.4 Å². The summed E-state index contributed by atoms with van der Waals surface area (Å²) in [7, 11) is 1.45. The van der Waals surface area contributed by atoms with Crippen LogP contribution in [0.2, 0.25) is 0 Å². The van der Waals surface area contributed by atoms with E-state index in [0.717, 1.165) is 12.8 Å². The summed E-state index contributed by atoms with van der Waals surface area (Å²) < 4.78 is 21.5. The normalized spacial score (nSPS) is 14.0. The van der Waals surface area contributed by atoms with E-state index in [0.29, 0.717) is 35.6 Å². The number of methoxy groups -OCH3 is 1. The zero-order chi connectivity index (χ0) is 33.5. The molecule has 1 fully saturated rings. The van der Waals surface area contributed by atoms with Gasteiger partial charge < -0.3 is 29.6 Å². The molecule has 1 saturated carbocycles. The van der Waals surface area contributed by atoms with Crippen molar-refractivity contribution in [2.45, 2.75) is 72.3 Å². The summed E-state index contributed by atoms with van der Waals surface area (Å²) in [5.41, 5.74) is 0.117. The Morgan fingerprint density at radius 2 is 1.73 bits per heavy atom. The number of nitrogens with zero attached hydrogens (tertiary/aromatic N) is 1. The molecule has 0 aliphatic heterocycles. The minimum absolute atomic E-state index is 0.0419. The summed E-state index contributed by atoms with van der Waals surface area (Å²) in [5.74, 6) is -1.95. The number of carbonyl (C=O) groups excluding carboxylic acids is 5. The topological polar surface area (TPSA) is 159 Å². The average molecular weight is 624 g/mol. The molecule has 0 spiro atoms. The molecule has 45 heavy (non-hydrogen) atoms. The fourth-order valence-electron chi connectivity index (χ4n) is 4.29. The highest BCUT2D eigenvalue weighted by Crippen LogP contribution is 2.33. The molecule has 2 aromatic rings. The van der Waals surface area contributed by atoms with E-state index >= 15 is 0 Å². The molecule has 2 atom stereocenters. The number of aldehydes is 1. The van der Waals surface area contributed by atoms with Crippen molar-refractivity contribution in [2.75, 3.05) is 13.7 Å². The molecule has 2 unspecified atom stereocenters. The quantitative estimate of drug-likeness (QED) is 0.178. The molecular formula is C33H41N3O9. The molecule has 0 radical (unpaired) electrons. The highest BCUT2D eigenvalue weighted by Gasteiger charge is 2.31. The van der Waals surface area contributed by atoms with Crippen LogP contribution in [-0.4, -0.2) is 66.8 Å². The van der Waals surface area contributed by atoms with Crippen molar-refractivity contribution in [2.24, 2.45) is 11.8 Å². The molecule has 0 saturated heterocycles. The Morgan fingerprint density at radius 3 is 2.29 bits per heavy atom. The first-order valence-corrected chi connectivity index (χ1v) is 14.7. The molecule has 1 aliphatic carbocycles. The van der Waals surface area contributed by atoms with Crippen LogP contribution in [0.4, 0.5) is 4.79 Å². The molecule has 12 heteroatoms. The van der Waals surface area contributed by atoms with Crippen molar-refractivity contribution in [3.8, 4) is 16.9 Å². The van der Waals surface area contributed by atoms with Gasteiger partial charge in [0.15, 0.2) is 12.0 Å². The van der Waals surface area contributed by atoms with Gasteiger partial charge in [-0.25, -0.2) is 19.4 Å². The van der Waals surface area contributed by atoms with Gasteiger partial charge in [0, 0.05) is 30.2 Å². The highest BCUT2D eigenvalue weighted by molar-refractivity contribution is 6.01. The summed E-state index contributed by atoms with van der Waals surface area (Å²) >= 11 is 0. The van der Waals surface area contributed by atoms with Gasteiger partial charge in [-0.3, -0.25) is 9.59 Å². The molecule has 0 bridgehead atoms. The lowest BCUT2D eigenvalue weighted by atomic mass is 9.95. The standard InChI is InChI=1S/C33H41N3O9/c1-9-21-14-22(17-37)24(15-26(21)42-8)23-12-13-25(29(38)34-16-20-10-11-20)35-28(23)31(40)44-19(4)43-30(39)27(18(2)3)36-32(41)45-33(5,6)7/h9,12-15,17-20,27H,1,10-11,16H2,2-8H3,(H,34,38)(H,36,41). The number of ether oxygens (including phenoxy) is 4. The van der Waals surface area contributed by atoms with Crippen molar-refractivity contribution in [3.63, 3.8) is 0 Å². The fourth-order valence-corrected chi connectivity index (χ4v) is 4.29. The van der Waals surface area contributed by atoms with Crippen molar-refractivity contribution in [1.82, 2.24) is 15.6 Å². The molecular weight excluding hydrogens is 582 g/mol. The number of pyridine rings is 1. The van der Waals surface area contributed by atoms with Crippen molar-refractivity contribution in [1.29, 1.82) is 0 Å². The lowest BCUT2D eigenvalue weighted by Crippen LogP contribution is -2.48. The maximum Gasteiger partial charge on any atom is 0.408 e. The molecule has 1 aliphatic rings. The summed E-state index contributed by atoms with van der Waals surface area (Å²) in [6.45, 7) is 14.0. The first-order chi connectivity index (χ1) is 21.2. The van der Waals surface area contributed by atoms with E-state index in [2.05, 4.69) is 22.2 Å². The molecule has 2 amide bonds. The molecule has 2 N–H and O–H groups in total. The number of hydrogen-bond acceptors (Lipinski definition) is 10. The minimum atomic E-state index is -1.42. The van der Waals surface area contributed by atoms with Crippen LogP contribution >= 0.6 is 0 Å². The SMILES string of the molecule is C=Cc1cc(C=O)c(-c2ccc(C(=O)NCC3CC3)nc2C(=O)OC(C)OC(=O)C(NC(=O)OC(C)(C)C)C(C)C)cc1OC. The third kappa shape index (κ3) is 9.62. The van der Waals surface area contributed by atoms with Gasteiger partial charge in [-0.2, -0.15) is 0 Å². The van der Waals surface area contributed by atoms with E-state index in [4.69, 9.17) is 18.9 Å². The van der Waals surface area contributed by atoms with Gasteiger partial charge in [0.25, 0.3) is 5.91 Å². The highest BCUT2D eigenvalue weighted by atomic mass is 16.7. The lowest BCUT2D eigenvalue weighted by molar-refractivity contribution is -0.169. The summed E-state index contributed by atoms with van der Waals surface area (Å²) in [6, 6.07) is 4.93. The smallest absolute Gasteiger partial charge is 0.408 e. The third-order valence-electron chi connectivity index (χ3n) is 6.76. The van der Waals surface area contributed by atoms with Crippen molar-refractivity contribution >= 4 is 36.3 Å². The van der Waals surface area contributed by atoms with Gasteiger partial charge in [-0.05, 0) is 75.3 Å². The van der Waals surface area contributed by atoms with E-state index in [9.17, 15) is 24.0 Å². The minimum Gasteiger partial charge on any atom is -0.496 e. The second-order valence-corrected chi connectivity index (χ2v) is 12.0. The number of esters is 2. The van der Waals surface area contributed by atoms with Gasteiger partial charge in [-0.1, -0.05) is 26.5 Å². The van der Waals surface area contributed by atoms with Crippen LogP contribution in [0.5, 0.6) is 5.75 Å². The maximum absolute atomic E-state index is 13.6. The van der Waals surface area contributed by atoms with Crippen LogP contribution in [0.3, 0.4) is 0 Å². The van der Waals surface area contributed by atoms with Gasteiger partial charge >= 0.3 is 18.0 Å². The van der Waals surface area contributed by atoms with Gasteiger partial charge in [-0.15, -0.1) is 0 Å². The van der Waals surface area contributed by atoms with Crippen LogP contribution in [0.25, 0.3) is 17.2 Å². The Morgan fingerprint density at radius 1 is 1.04 bits per heavy atom. The predicted octanol–water partition coefficient (Wildman–Crippen LogP) is 4.95. The maximum atomic E-state index is 13.6. The number of alkyl carbamates (subject to hydrolysis) is 1. The zero-order valence-corrected chi connectivity index (χ0v) is 26.7. The number of benzene rings is 1. The Bertz CT molecular complexity index is 1460. The van der Waals surface area contributed by atoms with Crippen LogP contribution in [0.15, 0.2) is 30.8 Å². The molecule has 242 valence electrons. The molecule has 1 aromatic heterocycles. The lowest BCUT2D eigenvalue weighted by Gasteiger charge is -2.25. The second-order valence-electron chi connectivity index (χ2n) is 12.0. The average Bonchev–Trinajstić information content (AvgIpc) is 3.81. The van der Waals surface area contributed by atoms with Gasteiger partial charge in [0.2, 0.25) is 6.29 Å². The second kappa shape index (κ2) is 14.8. The monoisotopic (exact) mass is 623 g/mol. The number of nitrogens with one attached hydrogen (secondary N) is 2. The number of hydrogen-bond donors (Lipinski definition) is 2. The van der Waals surface area contributed by atoms with Crippen molar-refractivity contribution < 1.29 is 42.9 Å². The van der Waals surface area contributed by atoms with Crippen LogP contribution in [-0.2, 0) is 19.0 Å². The number of rotatable bonds is 13. The Kier molecular flexibility index (Phi) is 11.4. The first kappa shape index (κ1) is 34.7. The number of amides is 2. The summed E-state index contributed by atoms with van der Waals surface area (Å²) in [4.78, 5) is 68.1. The largest absolute Gasteiger partial charge is 0.496 e. The van der Waals surface area contributed by atoms with E-state index in [1.165, 1.54) is 32.2 Å². The fraction of sp³-hybridized carbons (Fsp3) is 0.455. The predicted molar refractivity (Wildman–Crippen MR) is 166 cm³/mol. The molecule has 1 aromatic carbocycles. The number of aromatic nitrogens is 1. The van der Waals surface area contributed by atoms with Gasteiger partial charge in [0.05, 0.1) is 7.11 Å². The Balaban J connectivity index is 1.91. The zero-order valence-electron chi connectivity index (χ0n) is 26.7. The Hall–Kier alpha value is -4.74. The number of carbonyl (C=O) groups is 5. The van der Waals surface area contributed by atoms with E-state index < -0.39 is 41.9 Å². The van der Waals surface area contributed by atoms with E-state index in [1.54, 1.807) is 46.8 Å². The molecule has 12 nitrogen and oxygen atoms in total. The Labute approximate surface area is 262 Å². The van der Waals surface area contributed by atoms with Gasteiger partial charge in [0.1, 0.15) is 23.1 Å². The van der Waals surface area contributed by atoms with E-state index in [1.807, 2.05) is 0 Å². The van der Waals surface area contributed by atoms with Crippen LogP contribution in [0, 0.1) is 11.8 Å². The van der Waals surface area contributed by atoms with Crippen molar-refractivity contribution in [3.05, 3.63) is 53.4 Å². The van der Waals surface area contributed by atoms with Crippen LogP contribution in [0.1, 0.15) is 91.3 Å². The van der Waals surface area contributed by atoms with E-state index in [-0.39, 0.29) is 28.4 Å². The molecule has 3 rings (SSSR count). The summed E-state index contributed by atoms with van der Waals surface area (Å²) in [6.07, 6.45) is 1.97. The third-order valence-corrected chi connectivity index (χ3v) is 6.76. The summed E-state index contributed by atoms with van der Waals surface area (Å²) in [5, 5.41) is 5.29. The first-order valence-electron chi connectivity index (χ1n) is 14.7. The molecule has 1 heterocycles.